The molecule has 0 bridgehead atoms. The summed E-state index contributed by atoms with van der Waals surface area (Å²) in [5.41, 5.74) is 4.24. The van der Waals surface area contributed by atoms with Gasteiger partial charge in [-0.3, -0.25) is 0 Å². The molecule has 0 aliphatic heterocycles. The second-order valence-electron chi connectivity index (χ2n) is 6.18. The summed E-state index contributed by atoms with van der Waals surface area (Å²) in [6, 6.07) is 9.45. The fraction of sp³-hybridized carbons (Fsp3) is 0.529. The molecule has 1 heterocycles. The van der Waals surface area contributed by atoms with Crippen molar-refractivity contribution in [3.63, 3.8) is 0 Å². The summed E-state index contributed by atoms with van der Waals surface area (Å²) >= 11 is 0. The van der Waals surface area contributed by atoms with Gasteiger partial charge in [0.2, 0.25) is 0 Å². The van der Waals surface area contributed by atoms with Crippen LogP contribution in [0.15, 0.2) is 24.3 Å². The van der Waals surface area contributed by atoms with Gasteiger partial charge in [0.05, 0.1) is 0 Å². The molecule has 0 unspecified atom stereocenters. The molecule has 1 aliphatic rings. The minimum absolute atomic E-state index is 0.726. The minimum Gasteiger partial charge on any atom is -0.358 e. The number of rotatable bonds is 2. The van der Waals surface area contributed by atoms with Gasteiger partial charge >= 0.3 is 0 Å². The Hall–Kier alpha value is -1.28. The number of aromatic amines is 1. The lowest BCUT2D eigenvalue weighted by Gasteiger charge is -2.32. The van der Waals surface area contributed by atoms with Crippen molar-refractivity contribution in [2.45, 2.75) is 44.6 Å². The molecule has 3 rings (SSSR count). The standard InChI is InChI=1S/C17H24N2/c1-12-15-6-4-5-7-16(15)18-17(12)13-8-10-14(11-9-13)19(2)3/h4-7,13-14,18H,8-11H2,1-3H3. The van der Waals surface area contributed by atoms with E-state index in [0.717, 1.165) is 12.0 Å². The molecule has 102 valence electrons. The number of nitrogens with zero attached hydrogens (tertiary/aromatic N) is 1. The number of aryl methyl sites for hydroxylation is 1. The number of para-hydroxylation sites is 1. The second-order valence-corrected chi connectivity index (χ2v) is 6.18. The molecule has 1 aromatic heterocycles. The van der Waals surface area contributed by atoms with Gasteiger partial charge in [-0.15, -0.1) is 0 Å². The number of fused-ring (bicyclic) bond motifs is 1. The van der Waals surface area contributed by atoms with Gasteiger partial charge < -0.3 is 9.88 Å². The molecule has 2 heteroatoms. The molecule has 19 heavy (non-hydrogen) atoms. The number of nitrogens with one attached hydrogen (secondary N) is 1. The predicted octanol–water partition coefficient (Wildman–Crippen LogP) is 4.06. The van der Waals surface area contributed by atoms with Gasteiger partial charge in [0.15, 0.2) is 0 Å². The van der Waals surface area contributed by atoms with Gasteiger partial charge in [0, 0.05) is 22.6 Å². The molecule has 1 N–H and O–H groups in total. The van der Waals surface area contributed by atoms with Crippen molar-refractivity contribution in [2.24, 2.45) is 0 Å². The van der Waals surface area contributed by atoms with Crippen LogP contribution in [-0.2, 0) is 0 Å². The quantitative estimate of drug-likeness (QED) is 0.858. The van der Waals surface area contributed by atoms with Gasteiger partial charge in [-0.2, -0.15) is 0 Å². The molecule has 0 saturated heterocycles. The number of hydrogen-bond acceptors (Lipinski definition) is 1. The third-order valence-electron chi connectivity index (χ3n) is 4.84. The normalized spacial score (nSPS) is 24.2. The van der Waals surface area contributed by atoms with Gasteiger partial charge in [-0.05, 0) is 64.3 Å². The van der Waals surface area contributed by atoms with Crippen LogP contribution in [-0.4, -0.2) is 30.0 Å². The van der Waals surface area contributed by atoms with E-state index in [1.54, 1.807) is 0 Å². The van der Waals surface area contributed by atoms with Gasteiger partial charge in [0.25, 0.3) is 0 Å². The van der Waals surface area contributed by atoms with Crippen molar-refractivity contribution < 1.29 is 0 Å². The Morgan fingerprint density at radius 2 is 1.74 bits per heavy atom. The average Bonchev–Trinajstić information content (AvgIpc) is 2.77. The van der Waals surface area contributed by atoms with Gasteiger partial charge in [0.1, 0.15) is 0 Å². The minimum atomic E-state index is 0.726. The van der Waals surface area contributed by atoms with E-state index >= 15 is 0 Å². The topological polar surface area (TPSA) is 19.0 Å². The van der Waals surface area contributed by atoms with E-state index in [0.29, 0.717) is 0 Å². The van der Waals surface area contributed by atoms with E-state index in [1.165, 1.54) is 47.8 Å². The first kappa shape index (κ1) is 12.7. The fourth-order valence-corrected chi connectivity index (χ4v) is 3.59. The summed E-state index contributed by atoms with van der Waals surface area (Å²) in [5, 5.41) is 1.40. The zero-order chi connectivity index (χ0) is 13.4. The fourth-order valence-electron chi connectivity index (χ4n) is 3.59. The molecule has 2 aromatic rings. The average molecular weight is 256 g/mol. The van der Waals surface area contributed by atoms with Crippen LogP contribution in [0.1, 0.15) is 42.9 Å². The lowest BCUT2D eigenvalue weighted by molar-refractivity contribution is 0.215. The van der Waals surface area contributed by atoms with Crippen molar-refractivity contribution in [1.82, 2.24) is 9.88 Å². The van der Waals surface area contributed by atoms with E-state index in [-0.39, 0.29) is 0 Å². The molecular weight excluding hydrogens is 232 g/mol. The zero-order valence-corrected chi connectivity index (χ0v) is 12.2. The van der Waals surface area contributed by atoms with Crippen molar-refractivity contribution in [1.29, 1.82) is 0 Å². The first-order valence-corrected chi connectivity index (χ1v) is 7.40. The molecule has 0 radical (unpaired) electrons. The molecule has 2 nitrogen and oxygen atoms in total. The highest BCUT2D eigenvalue weighted by Crippen LogP contribution is 2.37. The van der Waals surface area contributed by atoms with Gasteiger partial charge in [-0.1, -0.05) is 18.2 Å². The van der Waals surface area contributed by atoms with Crippen LogP contribution in [0.5, 0.6) is 0 Å². The first-order chi connectivity index (χ1) is 9.16. The molecule has 1 aromatic carbocycles. The summed E-state index contributed by atoms with van der Waals surface area (Å²) in [5.74, 6) is 0.726. The number of hydrogen-bond donors (Lipinski definition) is 1. The van der Waals surface area contributed by atoms with E-state index in [4.69, 9.17) is 0 Å². The lowest BCUT2D eigenvalue weighted by atomic mass is 9.82. The summed E-state index contributed by atoms with van der Waals surface area (Å²) in [7, 11) is 4.42. The van der Waals surface area contributed by atoms with Crippen molar-refractivity contribution in [3.05, 3.63) is 35.5 Å². The maximum absolute atomic E-state index is 3.66. The molecule has 0 atom stereocenters. The summed E-state index contributed by atoms with van der Waals surface area (Å²) in [6.07, 6.45) is 5.28. The van der Waals surface area contributed by atoms with Crippen LogP contribution in [0.3, 0.4) is 0 Å². The van der Waals surface area contributed by atoms with E-state index in [2.05, 4.69) is 55.2 Å². The van der Waals surface area contributed by atoms with Crippen LogP contribution in [0.2, 0.25) is 0 Å². The number of aromatic nitrogens is 1. The SMILES string of the molecule is Cc1c(C2CCC(N(C)C)CC2)[nH]c2ccccc12. The smallest absolute Gasteiger partial charge is 0.0458 e. The predicted molar refractivity (Wildman–Crippen MR) is 81.7 cm³/mol. The van der Waals surface area contributed by atoms with E-state index in [9.17, 15) is 0 Å². The lowest BCUT2D eigenvalue weighted by Crippen LogP contribution is -2.31. The molecule has 1 saturated carbocycles. The Bertz CT molecular complexity index is 560. The largest absolute Gasteiger partial charge is 0.358 e. The highest BCUT2D eigenvalue weighted by Gasteiger charge is 2.25. The van der Waals surface area contributed by atoms with Crippen LogP contribution in [0.4, 0.5) is 0 Å². The monoisotopic (exact) mass is 256 g/mol. The van der Waals surface area contributed by atoms with Crippen LogP contribution >= 0.6 is 0 Å². The maximum Gasteiger partial charge on any atom is 0.0458 e. The Kier molecular flexibility index (Phi) is 3.36. The Morgan fingerprint density at radius 3 is 2.37 bits per heavy atom. The number of H-pyrrole nitrogens is 1. The summed E-state index contributed by atoms with van der Waals surface area (Å²) in [6.45, 7) is 2.27. The Balaban J connectivity index is 1.84. The molecule has 1 fully saturated rings. The van der Waals surface area contributed by atoms with E-state index < -0.39 is 0 Å². The molecule has 1 aliphatic carbocycles. The van der Waals surface area contributed by atoms with Crippen molar-refractivity contribution in [3.8, 4) is 0 Å². The first-order valence-electron chi connectivity index (χ1n) is 7.40. The Morgan fingerprint density at radius 1 is 1.05 bits per heavy atom. The van der Waals surface area contributed by atoms with Crippen LogP contribution in [0.25, 0.3) is 10.9 Å². The van der Waals surface area contributed by atoms with Crippen molar-refractivity contribution >= 4 is 10.9 Å². The van der Waals surface area contributed by atoms with Crippen LogP contribution in [0, 0.1) is 6.92 Å². The third kappa shape index (κ3) is 2.30. The number of benzene rings is 1. The third-order valence-corrected chi connectivity index (χ3v) is 4.84. The molecule has 0 spiro atoms. The molecule has 0 amide bonds. The summed E-state index contributed by atoms with van der Waals surface area (Å²) in [4.78, 5) is 6.05. The summed E-state index contributed by atoms with van der Waals surface area (Å²) < 4.78 is 0. The Labute approximate surface area is 115 Å². The van der Waals surface area contributed by atoms with Gasteiger partial charge in [-0.25, -0.2) is 0 Å². The highest BCUT2D eigenvalue weighted by atomic mass is 15.1. The van der Waals surface area contributed by atoms with E-state index in [1.807, 2.05) is 0 Å². The maximum atomic E-state index is 3.66. The zero-order valence-electron chi connectivity index (χ0n) is 12.2. The highest BCUT2D eigenvalue weighted by molar-refractivity contribution is 5.84. The second kappa shape index (κ2) is 5.01. The van der Waals surface area contributed by atoms with Crippen LogP contribution < -0.4 is 0 Å². The molecular formula is C17H24N2. The van der Waals surface area contributed by atoms with Crippen molar-refractivity contribution in [2.75, 3.05) is 14.1 Å².